The van der Waals surface area contributed by atoms with E-state index in [-0.39, 0.29) is 5.54 Å². The first-order chi connectivity index (χ1) is 9.97. The Labute approximate surface area is 123 Å². The number of rotatable bonds is 2. The Bertz CT molecular complexity index is 668. The molecule has 1 heterocycles. The van der Waals surface area contributed by atoms with Crippen LogP contribution in [0.5, 0.6) is 0 Å². The first-order valence-corrected chi connectivity index (χ1v) is 7.02. The van der Waals surface area contributed by atoms with Crippen LogP contribution in [0.4, 0.5) is 20.2 Å². The molecule has 4 heteroatoms. The van der Waals surface area contributed by atoms with Gasteiger partial charge < -0.3 is 10.2 Å². The molecule has 0 unspecified atom stereocenters. The van der Waals surface area contributed by atoms with E-state index in [0.717, 1.165) is 23.5 Å². The summed E-state index contributed by atoms with van der Waals surface area (Å²) < 4.78 is 26.5. The van der Waals surface area contributed by atoms with E-state index in [1.54, 1.807) is 6.07 Å². The molecule has 0 fully saturated rings. The van der Waals surface area contributed by atoms with Gasteiger partial charge in [0.05, 0.1) is 16.9 Å². The molecule has 2 nitrogen and oxygen atoms in total. The van der Waals surface area contributed by atoms with Crippen LogP contribution in [0.2, 0.25) is 0 Å². The molecular weight excluding hydrogens is 270 g/mol. The number of halogens is 2. The maximum atomic E-state index is 13.4. The van der Waals surface area contributed by atoms with E-state index < -0.39 is 11.6 Å². The first-order valence-electron chi connectivity index (χ1n) is 7.02. The van der Waals surface area contributed by atoms with E-state index in [9.17, 15) is 8.78 Å². The van der Waals surface area contributed by atoms with Crippen LogP contribution in [0.1, 0.15) is 19.4 Å². The summed E-state index contributed by atoms with van der Waals surface area (Å²) in [5.41, 5.74) is 2.80. The molecule has 21 heavy (non-hydrogen) atoms. The van der Waals surface area contributed by atoms with Gasteiger partial charge in [0, 0.05) is 13.1 Å². The van der Waals surface area contributed by atoms with Crippen molar-refractivity contribution >= 4 is 11.4 Å². The highest BCUT2D eigenvalue weighted by molar-refractivity contribution is 5.73. The maximum absolute atomic E-state index is 13.4. The van der Waals surface area contributed by atoms with Gasteiger partial charge in [0.25, 0.3) is 0 Å². The predicted molar refractivity (Wildman–Crippen MR) is 81.6 cm³/mol. The van der Waals surface area contributed by atoms with Crippen molar-refractivity contribution in [3.8, 4) is 0 Å². The quantitative estimate of drug-likeness (QED) is 0.892. The zero-order valence-corrected chi connectivity index (χ0v) is 12.2. The summed E-state index contributed by atoms with van der Waals surface area (Å²) in [6, 6.07) is 12.1. The number of nitrogens with one attached hydrogen (secondary N) is 1. The Balaban J connectivity index is 1.97. The molecule has 1 N–H and O–H groups in total. The van der Waals surface area contributed by atoms with Gasteiger partial charge in [-0.15, -0.1) is 0 Å². The van der Waals surface area contributed by atoms with E-state index in [1.165, 1.54) is 12.1 Å². The summed E-state index contributed by atoms with van der Waals surface area (Å²) in [6.45, 7) is 5.61. The lowest BCUT2D eigenvalue weighted by atomic mass is 9.96. The highest BCUT2D eigenvalue weighted by Gasteiger charge is 2.32. The Morgan fingerprint density at radius 2 is 1.86 bits per heavy atom. The van der Waals surface area contributed by atoms with Crippen molar-refractivity contribution in [3.05, 3.63) is 59.7 Å². The topological polar surface area (TPSA) is 15.3 Å². The highest BCUT2D eigenvalue weighted by Crippen LogP contribution is 2.36. The molecule has 0 saturated carbocycles. The van der Waals surface area contributed by atoms with Crippen molar-refractivity contribution in [2.24, 2.45) is 0 Å². The molecule has 2 aromatic carbocycles. The van der Waals surface area contributed by atoms with Crippen LogP contribution >= 0.6 is 0 Å². The molecule has 2 aromatic rings. The van der Waals surface area contributed by atoms with Crippen LogP contribution in [0.15, 0.2) is 42.5 Å². The van der Waals surface area contributed by atoms with E-state index >= 15 is 0 Å². The van der Waals surface area contributed by atoms with Crippen LogP contribution in [0, 0.1) is 11.6 Å². The van der Waals surface area contributed by atoms with Crippen molar-refractivity contribution in [3.63, 3.8) is 0 Å². The minimum absolute atomic E-state index is 0.112. The van der Waals surface area contributed by atoms with Crippen molar-refractivity contribution in [1.82, 2.24) is 0 Å². The zero-order chi connectivity index (χ0) is 15.0. The van der Waals surface area contributed by atoms with Crippen molar-refractivity contribution in [1.29, 1.82) is 0 Å². The lowest BCUT2D eigenvalue weighted by Crippen LogP contribution is -2.51. The van der Waals surface area contributed by atoms with Crippen molar-refractivity contribution < 1.29 is 8.78 Å². The zero-order valence-electron chi connectivity index (χ0n) is 12.2. The van der Waals surface area contributed by atoms with E-state index in [2.05, 4.69) is 24.1 Å². The van der Waals surface area contributed by atoms with Crippen LogP contribution in [0.25, 0.3) is 0 Å². The minimum atomic E-state index is -0.807. The number of nitrogens with zero attached hydrogens (tertiary/aromatic N) is 1. The molecule has 0 bridgehead atoms. The lowest BCUT2D eigenvalue weighted by molar-refractivity contribution is 0.466. The molecule has 0 aromatic heterocycles. The van der Waals surface area contributed by atoms with E-state index in [1.807, 2.05) is 24.3 Å². The second-order valence-electron chi connectivity index (χ2n) is 6.02. The number of para-hydroxylation sites is 2. The molecule has 3 rings (SSSR count). The third-order valence-electron chi connectivity index (χ3n) is 3.96. The molecule has 0 atom stereocenters. The van der Waals surface area contributed by atoms with E-state index in [4.69, 9.17) is 0 Å². The van der Waals surface area contributed by atoms with Gasteiger partial charge in [-0.1, -0.05) is 18.2 Å². The van der Waals surface area contributed by atoms with Crippen LogP contribution in [-0.2, 0) is 6.54 Å². The Morgan fingerprint density at radius 1 is 1.10 bits per heavy atom. The lowest BCUT2D eigenvalue weighted by Gasteiger charge is -2.45. The van der Waals surface area contributed by atoms with Crippen LogP contribution < -0.4 is 10.2 Å². The number of fused-ring (bicyclic) bond motifs is 1. The second-order valence-corrected chi connectivity index (χ2v) is 6.02. The highest BCUT2D eigenvalue weighted by atomic mass is 19.2. The molecular formula is C17H18F2N2. The van der Waals surface area contributed by atoms with Gasteiger partial charge in [0.2, 0.25) is 0 Å². The monoisotopic (exact) mass is 288 g/mol. The van der Waals surface area contributed by atoms with Gasteiger partial charge in [-0.25, -0.2) is 8.78 Å². The summed E-state index contributed by atoms with van der Waals surface area (Å²) in [4.78, 5) is 2.23. The molecule has 0 amide bonds. The first kappa shape index (κ1) is 13.9. The summed E-state index contributed by atoms with van der Waals surface area (Å²) >= 11 is 0. The second kappa shape index (κ2) is 5.02. The standard InChI is InChI=1S/C17H18F2N2/c1-17(2)11-20-15-5-3-4-6-16(15)21(17)10-12-7-8-13(18)14(19)9-12/h3-9,20H,10-11H2,1-2H3. The summed E-state index contributed by atoms with van der Waals surface area (Å²) in [5, 5.41) is 3.41. The van der Waals surface area contributed by atoms with Crippen molar-refractivity contribution in [2.45, 2.75) is 25.9 Å². The van der Waals surface area contributed by atoms with Gasteiger partial charge in [-0.2, -0.15) is 0 Å². The number of benzene rings is 2. The normalized spacial score (nSPS) is 16.3. The Hall–Kier alpha value is -2.10. The van der Waals surface area contributed by atoms with Crippen molar-refractivity contribution in [2.75, 3.05) is 16.8 Å². The number of hydrogen-bond acceptors (Lipinski definition) is 2. The maximum Gasteiger partial charge on any atom is 0.159 e. The predicted octanol–water partition coefficient (Wildman–Crippen LogP) is 4.18. The molecule has 0 spiro atoms. The van der Waals surface area contributed by atoms with Crippen LogP contribution in [0.3, 0.4) is 0 Å². The smallest absolute Gasteiger partial charge is 0.159 e. The minimum Gasteiger partial charge on any atom is -0.381 e. The fraction of sp³-hybridized carbons (Fsp3) is 0.294. The molecule has 0 aliphatic carbocycles. The number of hydrogen-bond donors (Lipinski definition) is 1. The van der Waals surface area contributed by atoms with Gasteiger partial charge in [0.15, 0.2) is 11.6 Å². The van der Waals surface area contributed by atoms with Crippen LogP contribution in [-0.4, -0.2) is 12.1 Å². The number of anilines is 2. The van der Waals surface area contributed by atoms with Gasteiger partial charge >= 0.3 is 0 Å². The third-order valence-corrected chi connectivity index (χ3v) is 3.96. The molecule has 0 radical (unpaired) electrons. The Morgan fingerprint density at radius 3 is 2.62 bits per heavy atom. The molecule has 110 valence electrons. The fourth-order valence-corrected chi connectivity index (χ4v) is 2.71. The fourth-order valence-electron chi connectivity index (χ4n) is 2.71. The SMILES string of the molecule is CC1(C)CNc2ccccc2N1Cc1ccc(F)c(F)c1. The Kier molecular flexibility index (Phi) is 3.32. The van der Waals surface area contributed by atoms with Gasteiger partial charge in [0.1, 0.15) is 0 Å². The summed E-state index contributed by atoms with van der Waals surface area (Å²) in [7, 11) is 0. The van der Waals surface area contributed by atoms with Gasteiger partial charge in [-0.3, -0.25) is 0 Å². The summed E-state index contributed by atoms with van der Waals surface area (Å²) in [5.74, 6) is -1.60. The largest absolute Gasteiger partial charge is 0.381 e. The average Bonchev–Trinajstić information content (AvgIpc) is 2.46. The van der Waals surface area contributed by atoms with E-state index in [0.29, 0.717) is 6.54 Å². The third kappa shape index (κ3) is 2.58. The molecule has 1 aliphatic heterocycles. The summed E-state index contributed by atoms with van der Waals surface area (Å²) in [6.07, 6.45) is 0. The van der Waals surface area contributed by atoms with Gasteiger partial charge in [-0.05, 0) is 43.7 Å². The average molecular weight is 288 g/mol. The molecule has 1 aliphatic rings. The molecule has 0 saturated heterocycles.